The number of aromatic nitrogens is 2. The molecule has 1 aliphatic rings. The Morgan fingerprint density at radius 1 is 1.09 bits per heavy atom. The maximum absolute atomic E-state index is 13.0. The molecule has 7 nitrogen and oxygen atoms in total. The third-order valence-corrected chi connectivity index (χ3v) is 6.33. The SMILES string of the molecule is CC(O)CCn1nc(C(=O)Nc2ccc(B3OC(C)(C)C(C)(C)O3)cc2)c2ccccc21. The summed E-state index contributed by atoms with van der Waals surface area (Å²) in [5.74, 6) is -0.277. The number of aliphatic hydroxyl groups is 1. The number of hydrogen-bond acceptors (Lipinski definition) is 5. The predicted molar refractivity (Wildman–Crippen MR) is 126 cm³/mol. The van der Waals surface area contributed by atoms with Crippen LogP contribution in [0.15, 0.2) is 48.5 Å². The standard InChI is InChI=1S/C24H30BN3O4/c1-16(29)14-15-28-20-9-7-6-8-19(20)21(27-28)22(30)26-18-12-10-17(11-13-18)25-31-23(2,3)24(4,5)32-25/h6-13,16,29H,14-15H2,1-5H3,(H,26,30). The normalized spacial score (nSPS) is 18.1. The number of carbonyl (C=O) groups excluding carboxylic acids is 1. The van der Waals surface area contributed by atoms with Crippen LogP contribution in [-0.4, -0.2) is 45.2 Å². The average Bonchev–Trinajstić information content (AvgIpc) is 3.21. The van der Waals surface area contributed by atoms with Gasteiger partial charge in [0.15, 0.2) is 5.69 Å². The largest absolute Gasteiger partial charge is 0.494 e. The molecule has 1 saturated heterocycles. The number of hydrogen-bond donors (Lipinski definition) is 2. The zero-order valence-corrected chi connectivity index (χ0v) is 19.3. The summed E-state index contributed by atoms with van der Waals surface area (Å²) in [5.41, 5.74) is 1.99. The van der Waals surface area contributed by atoms with E-state index in [0.29, 0.717) is 24.3 Å². The number of nitrogens with one attached hydrogen (secondary N) is 1. The smallest absolute Gasteiger partial charge is 0.399 e. The number of benzene rings is 2. The van der Waals surface area contributed by atoms with Crippen molar-refractivity contribution in [3.05, 3.63) is 54.2 Å². The molecule has 2 heterocycles. The summed E-state index contributed by atoms with van der Waals surface area (Å²) in [6.45, 7) is 10.4. The van der Waals surface area contributed by atoms with Gasteiger partial charge in [-0.05, 0) is 64.7 Å². The van der Waals surface area contributed by atoms with Crippen LogP contribution in [0.1, 0.15) is 51.5 Å². The van der Waals surface area contributed by atoms with Gasteiger partial charge in [0.05, 0.1) is 22.8 Å². The Morgan fingerprint density at radius 2 is 1.72 bits per heavy atom. The number of nitrogens with zero attached hydrogens (tertiary/aromatic N) is 2. The van der Waals surface area contributed by atoms with Gasteiger partial charge in [-0.25, -0.2) is 0 Å². The fourth-order valence-corrected chi connectivity index (χ4v) is 3.67. The molecule has 1 amide bonds. The first-order chi connectivity index (χ1) is 15.1. The van der Waals surface area contributed by atoms with Gasteiger partial charge in [-0.2, -0.15) is 5.10 Å². The van der Waals surface area contributed by atoms with Crippen molar-refractivity contribution < 1.29 is 19.2 Å². The molecule has 0 saturated carbocycles. The van der Waals surface area contributed by atoms with Gasteiger partial charge in [0, 0.05) is 17.6 Å². The number of amides is 1. The lowest BCUT2D eigenvalue weighted by Crippen LogP contribution is -2.41. The molecule has 8 heteroatoms. The highest BCUT2D eigenvalue weighted by Gasteiger charge is 2.51. The molecule has 2 aromatic carbocycles. The Kier molecular flexibility index (Phi) is 5.88. The summed E-state index contributed by atoms with van der Waals surface area (Å²) in [5, 5.41) is 17.9. The van der Waals surface area contributed by atoms with E-state index in [2.05, 4.69) is 10.4 Å². The average molecular weight is 435 g/mol. The highest BCUT2D eigenvalue weighted by atomic mass is 16.7. The quantitative estimate of drug-likeness (QED) is 0.580. The van der Waals surface area contributed by atoms with Crippen LogP contribution in [0.25, 0.3) is 10.9 Å². The van der Waals surface area contributed by atoms with Crippen LogP contribution in [0.2, 0.25) is 0 Å². The lowest BCUT2D eigenvalue weighted by Gasteiger charge is -2.32. The molecule has 1 unspecified atom stereocenters. The Labute approximate surface area is 188 Å². The van der Waals surface area contributed by atoms with Crippen molar-refractivity contribution in [2.45, 2.75) is 64.9 Å². The third-order valence-electron chi connectivity index (χ3n) is 6.33. The van der Waals surface area contributed by atoms with Gasteiger partial charge in [0.2, 0.25) is 0 Å². The summed E-state index contributed by atoms with van der Waals surface area (Å²) < 4.78 is 14.0. The van der Waals surface area contributed by atoms with Crippen LogP contribution in [0, 0.1) is 0 Å². The minimum absolute atomic E-state index is 0.277. The van der Waals surface area contributed by atoms with Gasteiger partial charge < -0.3 is 19.7 Å². The van der Waals surface area contributed by atoms with Gasteiger partial charge in [0.1, 0.15) is 0 Å². The summed E-state index contributed by atoms with van der Waals surface area (Å²) in [6, 6.07) is 15.1. The minimum Gasteiger partial charge on any atom is -0.399 e. The lowest BCUT2D eigenvalue weighted by atomic mass is 9.79. The molecule has 1 atom stereocenters. The second-order valence-electron chi connectivity index (χ2n) is 9.39. The fraction of sp³-hybridized carbons (Fsp3) is 0.417. The predicted octanol–water partition coefficient (Wildman–Crippen LogP) is 3.36. The van der Waals surface area contributed by atoms with E-state index in [1.807, 2.05) is 76.2 Å². The number of para-hydroxylation sites is 1. The second kappa shape index (κ2) is 8.35. The summed E-state index contributed by atoms with van der Waals surface area (Å²) in [4.78, 5) is 13.0. The molecule has 0 aliphatic carbocycles. The Hall–Kier alpha value is -2.68. The monoisotopic (exact) mass is 435 g/mol. The van der Waals surface area contributed by atoms with Crippen molar-refractivity contribution in [1.82, 2.24) is 9.78 Å². The van der Waals surface area contributed by atoms with E-state index in [1.54, 1.807) is 11.6 Å². The van der Waals surface area contributed by atoms with E-state index in [1.165, 1.54) is 0 Å². The highest BCUT2D eigenvalue weighted by Crippen LogP contribution is 2.36. The number of aliphatic hydroxyl groups excluding tert-OH is 1. The molecule has 168 valence electrons. The van der Waals surface area contributed by atoms with Gasteiger partial charge in [0.25, 0.3) is 5.91 Å². The first-order valence-electron chi connectivity index (χ1n) is 11.0. The first kappa shape index (κ1) is 22.5. The molecule has 1 fully saturated rings. The molecule has 0 radical (unpaired) electrons. The van der Waals surface area contributed by atoms with Crippen LogP contribution in [0.3, 0.4) is 0 Å². The second-order valence-corrected chi connectivity index (χ2v) is 9.39. The van der Waals surface area contributed by atoms with E-state index in [0.717, 1.165) is 16.4 Å². The van der Waals surface area contributed by atoms with Crippen LogP contribution >= 0.6 is 0 Å². The molecule has 2 N–H and O–H groups in total. The van der Waals surface area contributed by atoms with Crippen molar-refractivity contribution in [3.63, 3.8) is 0 Å². The minimum atomic E-state index is -0.446. The van der Waals surface area contributed by atoms with Crippen molar-refractivity contribution in [3.8, 4) is 0 Å². The van der Waals surface area contributed by atoms with Gasteiger partial charge in [-0.15, -0.1) is 0 Å². The van der Waals surface area contributed by atoms with Gasteiger partial charge >= 0.3 is 7.12 Å². The molecular weight excluding hydrogens is 405 g/mol. The maximum Gasteiger partial charge on any atom is 0.494 e. The Bertz CT molecular complexity index is 1110. The molecule has 0 spiro atoms. The molecule has 32 heavy (non-hydrogen) atoms. The van der Waals surface area contributed by atoms with Gasteiger partial charge in [-0.3, -0.25) is 9.48 Å². The molecule has 1 aliphatic heterocycles. The van der Waals surface area contributed by atoms with Crippen LogP contribution in [0.4, 0.5) is 5.69 Å². The van der Waals surface area contributed by atoms with Crippen LogP contribution in [-0.2, 0) is 15.9 Å². The van der Waals surface area contributed by atoms with Crippen LogP contribution in [0.5, 0.6) is 0 Å². The van der Waals surface area contributed by atoms with E-state index in [4.69, 9.17) is 9.31 Å². The Morgan fingerprint density at radius 3 is 2.34 bits per heavy atom. The molecule has 3 aromatic rings. The summed E-state index contributed by atoms with van der Waals surface area (Å²) in [6.07, 6.45) is 0.130. The highest BCUT2D eigenvalue weighted by molar-refractivity contribution is 6.62. The lowest BCUT2D eigenvalue weighted by molar-refractivity contribution is 0.00578. The van der Waals surface area contributed by atoms with Crippen molar-refractivity contribution in [2.24, 2.45) is 0 Å². The number of carbonyl (C=O) groups is 1. The zero-order chi connectivity index (χ0) is 23.1. The molecule has 1 aromatic heterocycles. The number of fused-ring (bicyclic) bond motifs is 1. The van der Waals surface area contributed by atoms with E-state index < -0.39 is 24.4 Å². The van der Waals surface area contributed by atoms with E-state index in [-0.39, 0.29) is 5.91 Å². The molecule has 0 bridgehead atoms. The molecular formula is C24H30BN3O4. The fourth-order valence-electron chi connectivity index (χ4n) is 3.67. The van der Waals surface area contributed by atoms with Crippen molar-refractivity contribution in [2.75, 3.05) is 5.32 Å². The Balaban J connectivity index is 1.51. The summed E-state index contributed by atoms with van der Waals surface area (Å²) >= 11 is 0. The van der Waals surface area contributed by atoms with Crippen molar-refractivity contribution in [1.29, 1.82) is 0 Å². The van der Waals surface area contributed by atoms with E-state index >= 15 is 0 Å². The topological polar surface area (TPSA) is 85.6 Å². The number of anilines is 1. The zero-order valence-electron chi connectivity index (χ0n) is 19.3. The number of rotatable bonds is 6. The molecule has 4 rings (SSSR count). The maximum atomic E-state index is 13.0. The first-order valence-corrected chi connectivity index (χ1v) is 11.0. The van der Waals surface area contributed by atoms with Gasteiger partial charge in [-0.1, -0.05) is 30.3 Å². The van der Waals surface area contributed by atoms with Crippen LogP contribution < -0.4 is 10.8 Å². The number of aryl methyl sites for hydroxylation is 1. The summed E-state index contributed by atoms with van der Waals surface area (Å²) in [7, 11) is -0.446. The van der Waals surface area contributed by atoms with E-state index in [9.17, 15) is 9.90 Å². The third kappa shape index (κ3) is 4.30. The van der Waals surface area contributed by atoms with Crippen molar-refractivity contribution >= 4 is 35.1 Å².